The van der Waals surface area contributed by atoms with E-state index in [0.717, 1.165) is 22.0 Å². The predicted molar refractivity (Wildman–Crippen MR) is 111 cm³/mol. The van der Waals surface area contributed by atoms with Crippen molar-refractivity contribution in [2.24, 2.45) is 0 Å². The average molecular weight is 393 g/mol. The number of likely N-dealkylation sites (N-methyl/N-ethyl adjacent to an activating group) is 1. The number of aromatic nitrogens is 1. The molecular formula is C23H24FN3O2. The number of amides is 2. The van der Waals surface area contributed by atoms with Gasteiger partial charge in [-0.2, -0.15) is 0 Å². The summed E-state index contributed by atoms with van der Waals surface area (Å²) in [4.78, 5) is 31.4. The third kappa shape index (κ3) is 4.96. The number of nitrogens with zero attached hydrogens (tertiary/aromatic N) is 2. The number of hydrogen-bond donors (Lipinski definition) is 1. The standard InChI is InChI=1S/C23H24FN3O2/c1-4-27(14-22(28)25-13-17-6-8-19(24)9-7-17)23(29)20-12-18-11-15(2)5-10-21(18)26-16(20)3/h5-12H,4,13-14H2,1-3H3,(H,25,28). The number of carbonyl (C=O) groups is 2. The second-order valence-electron chi connectivity index (χ2n) is 7.04. The fourth-order valence-electron chi connectivity index (χ4n) is 3.14. The van der Waals surface area contributed by atoms with Crippen LogP contribution in [0, 0.1) is 19.7 Å². The Labute approximate surface area is 169 Å². The number of halogens is 1. The van der Waals surface area contributed by atoms with Crippen molar-refractivity contribution < 1.29 is 14.0 Å². The normalized spacial score (nSPS) is 10.8. The second-order valence-corrected chi connectivity index (χ2v) is 7.04. The summed E-state index contributed by atoms with van der Waals surface area (Å²) in [6.45, 7) is 6.25. The Kier molecular flexibility index (Phi) is 6.22. The van der Waals surface area contributed by atoms with Gasteiger partial charge in [0.05, 0.1) is 23.3 Å². The van der Waals surface area contributed by atoms with E-state index < -0.39 is 0 Å². The van der Waals surface area contributed by atoms with E-state index in [0.29, 0.717) is 17.8 Å². The van der Waals surface area contributed by atoms with Gasteiger partial charge in [-0.05, 0) is 56.7 Å². The first-order chi connectivity index (χ1) is 13.9. The molecule has 5 nitrogen and oxygen atoms in total. The summed E-state index contributed by atoms with van der Waals surface area (Å²) in [5, 5.41) is 3.67. The summed E-state index contributed by atoms with van der Waals surface area (Å²) in [7, 11) is 0. The first-order valence-electron chi connectivity index (χ1n) is 9.56. The van der Waals surface area contributed by atoms with Gasteiger partial charge in [0.2, 0.25) is 5.91 Å². The first kappa shape index (κ1) is 20.5. The maximum atomic E-state index is 13.0. The van der Waals surface area contributed by atoms with Crippen LogP contribution in [0.1, 0.15) is 34.1 Å². The van der Waals surface area contributed by atoms with Gasteiger partial charge in [-0.15, -0.1) is 0 Å². The zero-order chi connectivity index (χ0) is 21.0. The van der Waals surface area contributed by atoms with E-state index in [9.17, 15) is 14.0 Å². The molecule has 0 saturated carbocycles. The molecule has 150 valence electrons. The molecule has 1 N–H and O–H groups in total. The summed E-state index contributed by atoms with van der Waals surface area (Å²) in [5.41, 5.74) is 3.85. The van der Waals surface area contributed by atoms with Gasteiger partial charge >= 0.3 is 0 Å². The molecule has 1 aromatic heterocycles. The minimum atomic E-state index is -0.322. The molecule has 1 heterocycles. The highest BCUT2D eigenvalue weighted by Gasteiger charge is 2.20. The summed E-state index contributed by atoms with van der Waals surface area (Å²) in [5.74, 6) is -0.818. The average Bonchev–Trinajstić information content (AvgIpc) is 2.71. The van der Waals surface area contributed by atoms with E-state index in [-0.39, 0.29) is 30.7 Å². The Balaban J connectivity index is 1.71. The minimum absolute atomic E-state index is 0.0537. The molecule has 0 saturated heterocycles. The van der Waals surface area contributed by atoms with Crippen LogP contribution in [-0.2, 0) is 11.3 Å². The van der Waals surface area contributed by atoms with Gasteiger partial charge in [0.25, 0.3) is 5.91 Å². The Morgan fingerprint density at radius 1 is 1.07 bits per heavy atom. The molecule has 2 amide bonds. The molecule has 0 atom stereocenters. The molecule has 0 unspecified atom stereocenters. The van der Waals surface area contributed by atoms with Crippen molar-refractivity contribution in [1.82, 2.24) is 15.2 Å². The SMILES string of the molecule is CCN(CC(=O)NCc1ccc(F)cc1)C(=O)c1cc2cc(C)ccc2nc1C. The van der Waals surface area contributed by atoms with Crippen molar-refractivity contribution in [3.8, 4) is 0 Å². The highest BCUT2D eigenvalue weighted by molar-refractivity contribution is 6.00. The number of benzene rings is 2. The molecule has 2 aromatic carbocycles. The minimum Gasteiger partial charge on any atom is -0.350 e. The van der Waals surface area contributed by atoms with Gasteiger partial charge in [-0.25, -0.2) is 4.39 Å². The lowest BCUT2D eigenvalue weighted by Gasteiger charge is -2.21. The zero-order valence-corrected chi connectivity index (χ0v) is 16.8. The van der Waals surface area contributed by atoms with Crippen molar-refractivity contribution >= 4 is 22.7 Å². The molecule has 0 radical (unpaired) electrons. The third-order valence-electron chi connectivity index (χ3n) is 4.80. The number of nitrogens with one attached hydrogen (secondary N) is 1. The van der Waals surface area contributed by atoms with Crippen LogP contribution < -0.4 is 5.32 Å². The van der Waals surface area contributed by atoms with Gasteiger partial charge in [0.1, 0.15) is 5.82 Å². The summed E-state index contributed by atoms with van der Waals surface area (Å²) in [6, 6.07) is 13.7. The quantitative estimate of drug-likeness (QED) is 0.693. The van der Waals surface area contributed by atoms with Crippen LogP contribution in [0.4, 0.5) is 4.39 Å². The van der Waals surface area contributed by atoms with Gasteiger partial charge in [0, 0.05) is 18.5 Å². The molecule has 0 aliphatic rings. The van der Waals surface area contributed by atoms with Crippen molar-refractivity contribution in [2.75, 3.05) is 13.1 Å². The molecule has 0 spiro atoms. The summed E-state index contributed by atoms with van der Waals surface area (Å²) in [6.07, 6.45) is 0. The monoisotopic (exact) mass is 393 g/mol. The van der Waals surface area contributed by atoms with E-state index in [4.69, 9.17) is 0 Å². The van der Waals surface area contributed by atoms with Crippen molar-refractivity contribution in [2.45, 2.75) is 27.3 Å². The number of rotatable bonds is 6. The molecule has 0 bridgehead atoms. The van der Waals surface area contributed by atoms with Gasteiger partial charge in [-0.3, -0.25) is 14.6 Å². The largest absolute Gasteiger partial charge is 0.350 e. The molecule has 0 aliphatic carbocycles. The summed E-state index contributed by atoms with van der Waals surface area (Å²) >= 11 is 0. The van der Waals surface area contributed by atoms with E-state index in [2.05, 4.69) is 10.3 Å². The number of aryl methyl sites for hydroxylation is 2. The van der Waals surface area contributed by atoms with E-state index in [1.807, 2.05) is 38.1 Å². The van der Waals surface area contributed by atoms with Crippen molar-refractivity contribution in [1.29, 1.82) is 0 Å². The highest BCUT2D eigenvalue weighted by Crippen LogP contribution is 2.19. The Morgan fingerprint density at radius 2 is 1.79 bits per heavy atom. The smallest absolute Gasteiger partial charge is 0.256 e. The van der Waals surface area contributed by atoms with Gasteiger partial charge < -0.3 is 10.2 Å². The summed E-state index contributed by atoms with van der Waals surface area (Å²) < 4.78 is 13.0. The molecule has 3 rings (SSSR count). The van der Waals surface area contributed by atoms with Gasteiger partial charge in [0.15, 0.2) is 0 Å². The Hall–Kier alpha value is -3.28. The number of fused-ring (bicyclic) bond motifs is 1. The maximum absolute atomic E-state index is 13.0. The topological polar surface area (TPSA) is 62.3 Å². The highest BCUT2D eigenvalue weighted by atomic mass is 19.1. The van der Waals surface area contributed by atoms with Crippen LogP contribution in [0.5, 0.6) is 0 Å². The zero-order valence-electron chi connectivity index (χ0n) is 16.8. The van der Waals surface area contributed by atoms with E-state index >= 15 is 0 Å². The fourth-order valence-corrected chi connectivity index (χ4v) is 3.14. The number of carbonyl (C=O) groups excluding carboxylic acids is 2. The lowest BCUT2D eigenvalue weighted by molar-refractivity contribution is -0.121. The second kappa shape index (κ2) is 8.82. The lowest BCUT2D eigenvalue weighted by Crippen LogP contribution is -2.40. The Morgan fingerprint density at radius 3 is 2.48 bits per heavy atom. The predicted octanol–water partition coefficient (Wildman–Crippen LogP) is 3.77. The van der Waals surface area contributed by atoms with Gasteiger partial charge in [-0.1, -0.05) is 23.8 Å². The van der Waals surface area contributed by atoms with Crippen LogP contribution in [0.3, 0.4) is 0 Å². The van der Waals surface area contributed by atoms with Crippen LogP contribution in [0.2, 0.25) is 0 Å². The number of pyridine rings is 1. The van der Waals surface area contributed by atoms with Crippen molar-refractivity contribution in [3.63, 3.8) is 0 Å². The van der Waals surface area contributed by atoms with E-state index in [1.54, 1.807) is 19.1 Å². The van der Waals surface area contributed by atoms with Crippen LogP contribution in [0.15, 0.2) is 48.5 Å². The molecular weight excluding hydrogens is 369 g/mol. The van der Waals surface area contributed by atoms with Crippen LogP contribution >= 0.6 is 0 Å². The third-order valence-corrected chi connectivity index (χ3v) is 4.80. The molecule has 0 aliphatic heterocycles. The molecule has 29 heavy (non-hydrogen) atoms. The van der Waals surface area contributed by atoms with Crippen LogP contribution in [0.25, 0.3) is 10.9 Å². The fraction of sp³-hybridized carbons (Fsp3) is 0.261. The molecule has 3 aromatic rings. The van der Waals surface area contributed by atoms with Crippen LogP contribution in [-0.4, -0.2) is 34.8 Å². The molecule has 0 fully saturated rings. The lowest BCUT2D eigenvalue weighted by atomic mass is 10.1. The Bertz CT molecular complexity index is 1050. The first-order valence-corrected chi connectivity index (χ1v) is 9.56. The maximum Gasteiger partial charge on any atom is 0.256 e. The van der Waals surface area contributed by atoms with E-state index in [1.165, 1.54) is 17.0 Å². The number of hydrogen-bond acceptors (Lipinski definition) is 3. The van der Waals surface area contributed by atoms with Crippen molar-refractivity contribution in [3.05, 3.63) is 76.7 Å². The molecule has 6 heteroatoms.